The standard InChI is InChI=1S/C10H6Cl2N2S/c11-9-5-8(13-10(12)14-9)2-1-7-3-4-15-6-7/h1-6H. The van der Waals surface area contributed by atoms with E-state index in [4.69, 9.17) is 23.2 Å². The van der Waals surface area contributed by atoms with Gasteiger partial charge in [0.15, 0.2) is 0 Å². The molecule has 76 valence electrons. The maximum atomic E-state index is 5.74. The molecule has 0 aromatic carbocycles. The lowest BCUT2D eigenvalue weighted by atomic mass is 10.3. The Balaban J connectivity index is 2.24. The van der Waals surface area contributed by atoms with Crippen molar-refractivity contribution in [1.82, 2.24) is 9.97 Å². The Hall–Kier alpha value is -0.900. The van der Waals surface area contributed by atoms with E-state index in [0.717, 1.165) is 5.56 Å². The zero-order chi connectivity index (χ0) is 10.7. The molecule has 0 saturated heterocycles. The van der Waals surface area contributed by atoms with Gasteiger partial charge in [0.05, 0.1) is 5.69 Å². The van der Waals surface area contributed by atoms with Crippen molar-refractivity contribution in [2.24, 2.45) is 0 Å². The van der Waals surface area contributed by atoms with Crippen LogP contribution < -0.4 is 0 Å². The predicted octanol–water partition coefficient (Wildman–Crippen LogP) is 4.02. The maximum Gasteiger partial charge on any atom is 0.224 e. The number of nitrogens with zero attached hydrogens (tertiary/aromatic N) is 2. The van der Waals surface area contributed by atoms with Crippen molar-refractivity contribution >= 4 is 46.7 Å². The predicted molar refractivity (Wildman–Crippen MR) is 65.3 cm³/mol. The first-order valence-corrected chi connectivity index (χ1v) is 5.84. The van der Waals surface area contributed by atoms with Crippen LogP contribution in [0.15, 0.2) is 22.9 Å². The van der Waals surface area contributed by atoms with E-state index in [0.29, 0.717) is 10.8 Å². The number of rotatable bonds is 2. The molecular weight excluding hydrogens is 251 g/mol. The minimum Gasteiger partial charge on any atom is -0.218 e. The number of halogens is 2. The molecule has 0 aliphatic carbocycles. The minimum atomic E-state index is 0.160. The molecule has 0 N–H and O–H groups in total. The van der Waals surface area contributed by atoms with Crippen LogP contribution in [-0.4, -0.2) is 9.97 Å². The molecule has 5 heteroatoms. The molecule has 0 aliphatic rings. The van der Waals surface area contributed by atoms with Gasteiger partial charge in [-0.05, 0) is 40.1 Å². The van der Waals surface area contributed by atoms with Gasteiger partial charge in [0, 0.05) is 6.07 Å². The largest absolute Gasteiger partial charge is 0.224 e. The van der Waals surface area contributed by atoms with Gasteiger partial charge >= 0.3 is 0 Å². The summed E-state index contributed by atoms with van der Waals surface area (Å²) in [5, 5.41) is 4.56. The highest BCUT2D eigenvalue weighted by atomic mass is 35.5. The van der Waals surface area contributed by atoms with Gasteiger partial charge in [0.25, 0.3) is 0 Å². The average molecular weight is 257 g/mol. The van der Waals surface area contributed by atoms with Gasteiger partial charge in [0.2, 0.25) is 5.28 Å². The Kier molecular flexibility index (Phi) is 3.36. The molecule has 2 aromatic heterocycles. The van der Waals surface area contributed by atoms with Gasteiger partial charge in [-0.3, -0.25) is 0 Å². The van der Waals surface area contributed by atoms with E-state index in [9.17, 15) is 0 Å². The van der Waals surface area contributed by atoms with Gasteiger partial charge in [-0.2, -0.15) is 11.3 Å². The molecule has 0 saturated carbocycles. The van der Waals surface area contributed by atoms with E-state index in [1.54, 1.807) is 17.4 Å². The average Bonchev–Trinajstić information content (AvgIpc) is 2.65. The number of thiophene rings is 1. The number of aromatic nitrogens is 2. The smallest absolute Gasteiger partial charge is 0.218 e. The monoisotopic (exact) mass is 256 g/mol. The third kappa shape index (κ3) is 3.02. The first-order chi connectivity index (χ1) is 7.24. The second kappa shape index (κ2) is 4.75. The van der Waals surface area contributed by atoms with Gasteiger partial charge in [0.1, 0.15) is 5.15 Å². The van der Waals surface area contributed by atoms with Crippen LogP contribution in [0.25, 0.3) is 12.2 Å². The molecule has 0 bridgehead atoms. The fourth-order valence-corrected chi connectivity index (χ4v) is 2.10. The lowest BCUT2D eigenvalue weighted by molar-refractivity contribution is 1.15. The first kappa shape index (κ1) is 10.6. The topological polar surface area (TPSA) is 25.8 Å². The van der Waals surface area contributed by atoms with E-state index in [-0.39, 0.29) is 5.28 Å². The van der Waals surface area contributed by atoms with Crippen LogP contribution in [0, 0.1) is 0 Å². The molecule has 0 unspecified atom stereocenters. The van der Waals surface area contributed by atoms with Crippen LogP contribution in [-0.2, 0) is 0 Å². The quantitative estimate of drug-likeness (QED) is 0.600. The zero-order valence-corrected chi connectivity index (χ0v) is 9.85. The second-order valence-corrected chi connectivity index (χ2v) is 4.28. The van der Waals surface area contributed by atoms with Crippen LogP contribution in [0.5, 0.6) is 0 Å². The SMILES string of the molecule is Clc1cc(C=Cc2ccsc2)nc(Cl)n1. The van der Waals surface area contributed by atoms with Crippen molar-refractivity contribution in [3.8, 4) is 0 Å². The molecule has 2 heterocycles. The van der Waals surface area contributed by atoms with E-state index >= 15 is 0 Å². The van der Waals surface area contributed by atoms with Crippen LogP contribution in [0.3, 0.4) is 0 Å². The highest BCUT2D eigenvalue weighted by Gasteiger charge is 1.97. The normalized spacial score (nSPS) is 11.1. The van der Waals surface area contributed by atoms with Crippen molar-refractivity contribution in [3.05, 3.63) is 44.6 Å². The van der Waals surface area contributed by atoms with Crippen molar-refractivity contribution in [2.45, 2.75) is 0 Å². The molecule has 0 atom stereocenters. The Morgan fingerprint density at radius 3 is 2.73 bits per heavy atom. The molecule has 2 aromatic rings. The fraction of sp³-hybridized carbons (Fsp3) is 0. The van der Waals surface area contributed by atoms with Crippen molar-refractivity contribution in [3.63, 3.8) is 0 Å². The summed E-state index contributed by atoms with van der Waals surface area (Å²) in [7, 11) is 0. The Morgan fingerprint density at radius 1 is 1.20 bits per heavy atom. The van der Waals surface area contributed by atoms with E-state index in [2.05, 4.69) is 9.97 Å². The van der Waals surface area contributed by atoms with Gasteiger partial charge in [-0.15, -0.1) is 0 Å². The fourth-order valence-electron chi connectivity index (χ4n) is 1.04. The number of hydrogen-bond acceptors (Lipinski definition) is 3. The summed E-state index contributed by atoms with van der Waals surface area (Å²) in [5.41, 5.74) is 1.83. The molecule has 2 rings (SSSR count). The van der Waals surface area contributed by atoms with E-state index < -0.39 is 0 Å². The maximum absolute atomic E-state index is 5.74. The van der Waals surface area contributed by atoms with Gasteiger partial charge < -0.3 is 0 Å². The second-order valence-electron chi connectivity index (χ2n) is 2.77. The third-order valence-electron chi connectivity index (χ3n) is 1.68. The third-order valence-corrected chi connectivity index (χ3v) is 2.74. The highest BCUT2D eigenvalue weighted by Crippen LogP contribution is 2.14. The highest BCUT2D eigenvalue weighted by molar-refractivity contribution is 7.08. The molecule has 0 amide bonds. The molecule has 0 spiro atoms. The molecule has 0 aliphatic heterocycles. The molecule has 2 nitrogen and oxygen atoms in total. The van der Waals surface area contributed by atoms with E-state index in [1.165, 1.54) is 0 Å². The van der Waals surface area contributed by atoms with E-state index in [1.807, 2.05) is 29.0 Å². The first-order valence-electron chi connectivity index (χ1n) is 4.14. The van der Waals surface area contributed by atoms with Gasteiger partial charge in [-0.1, -0.05) is 17.7 Å². The minimum absolute atomic E-state index is 0.160. The van der Waals surface area contributed by atoms with Crippen molar-refractivity contribution in [2.75, 3.05) is 0 Å². The lowest BCUT2D eigenvalue weighted by Crippen LogP contribution is -1.86. The van der Waals surface area contributed by atoms with Crippen LogP contribution in [0.1, 0.15) is 11.3 Å². The summed E-state index contributed by atoms with van der Waals surface area (Å²) in [6.45, 7) is 0. The Labute approximate surface area is 101 Å². The summed E-state index contributed by atoms with van der Waals surface area (Å²) in [5.74, 6) is 0. The molecule has 0 radical (unpaired) electrons. The summed E-state index contributed by atoms with van der Waals surface area (Å²) < 4.78 is 0. The molecule has 0 fully saturated rings. The Bertz CT molecular complexity index is 460. The summed E-state index contributed by atoms with van der Waals surface area (Å²) in [4.78, 5) is 7.79. The summed E-state index contributed by atoms with van der Waals surface area (Å²) >= 11 is 13.1. The van der Waals surface area contributed by atoms with Crippen molar-refractivity contribution < 1.29 is 0 Å². The van der Waals surface area contributed by atoms with Crippen LogP contribution >= 0.6 is 34.5 Å². The summed E-state index contributed by atoms with van der Waals surface area (Å²) in [6.07, 6.45) is 3.80. The zero-order valence-electron chi connectivity index (χ0n) is 7.52. The Morgan fingerprint density at radius 2 is 2.07 bits per heavy atom. The van der Waals surface area contributed by atoms with Crippen molar-refractivity contribution in [1.29, 1.82) is 0 Å². The molecular formula is C10H6Cl2N2S. The van der Waals surface area contributed by atoms with Gasteiger partial charge in [-0.25, -0.2) is 9.97 Å². The van der Waals surface area contributed by atoms with Crippen LogP contribution in [0.4, 0.5) is 0 Å². The summed E-state index contributed by atoms with van der Waals surface area (Å²) in [6, 6.07) is 3.68. The lowest BCUT2D eigenvalue weighted by Gasteiger charge is -1.94. The molecule has 15 heavy (non-hydrogen) atoms. The van der Waals surface area contributed by atoms with Crippen LogP contribution in [0.2, 0.25) is 10.4 Å². The number of hydrogen-bond donors (Lipinski definition) is 0.